The van der Waals surface area contributed by atoms with Crippen LogP contribution in [0.5, 0.6) is 0 Å². The normalized spacial score (nSPS) is 10.2. The highest BCUT2D eigenvalue weighted by Crippen LogP contribution is 2.28. The highest BCUT2D eigenvalue weighted by atomic mass is 35.5. The molecule has 1 heterocycles. The SMILES string of the molecule is Cc1cc(Cl)c(NC(=O)Nc2ccn[nH]2)cc1Cl. The standard InChI is InChI=1S/C11H10Cl2N4O/c1-6-4-8(13)9(5-7(6)12)15-11(18)16-10-2-3-14-17-10/h2-5H,1H3,(H3,14,15,16,17,18). The Morgan fingerprint density at radius 2 is 2.06 bits per heavy atom. The summed E-state index contributed by atoms with van der Waals surface area (Å²) in [5, 5.41) is 12.4. The minimum absolute atomic E-state index is 0.427. The van der Waals surface area contributed by atoms with E-state index in [4.69, 9.17) is 23.2 Å². The van der Waals surface area contributed by atoms with Gasteiger partial charge in [0.05, 0.1) is 16.9 Å². The number of aromatic nitrogens is 2. The first-order valence-electron chi connectivity index (χ1n) is 5.09. The van der Waals surface area contributed by atoms with Crippen molar-refractivity contribution in [3.63, 3.8) is 0 Å². The van der Waals surface area contributed by atoms with Crippen LogP contribution >= 0.6 is 23.2 Å². The van der Waals surface area contributed by atoms with E-state index in [0.29, 0.717) is 21.6 Å². The zero-order chi connectivity index (χ0) is 13.1. The molecule has 94 valence electrons. The van der Waals surface area contributed by atoms with Gasteiger partial charge in [0.2, 0.25) is 0 Å². The summed E-state index contributed by atoms with van der Waals surface area (Å²) < 4.78 is 0. The molecular formula is C11H10Cl2N4O. The quantitative estimate of drug-likeness (QED) is 0.787. The fraction of sp³-hybridized carbons (Fsp3) is 0.0909. The summed E-state index contributed by atoms with van der Waals surface area (Å²) >= 11 is 12.0. The number of aromatic amines is 1. The molecule has 2 amide bonds. The third-order valence-electron chi connectivity index (χ3n) is 2.25. The molecule has 0 aliphatic carbocycles. The van der Waals surface area contributed by atoms with Crippen LogP contribution in [0, 0.1) is 6.92 Å². The van der Waals surface area contributed by atoms with E-state index >= 15 is 0 Å². The van der Waals surface area contributed by atoms with Crippen LogP contribution in [-0.2, 0) is 0 Å². The average Bonchev–Trinajstić information content (AvgIpc) is 2.78. The predicted octanol–water partition coefficient (Wildman–Crippen LogP) is 3.67. The van der Waals surface area contributed by atoms with E-state index in [1.165, 1.54) is 6.20 Å². The largest absolute Gasteiger partial charge is 0.324 e. The molecule has 2 rings (SSSR count). The number of hydrogen-bond donors (Lipinski definition) is 3. The van der Waals surface area contributed by atoms with Crippen molar-refractivity contribution in [3.05, 3.63) is 40.0 Å². The van der Waals surface area contributed by atoms with Gasteiger partial charge in [0.25, 0.3) is 0 Å². The molecule has 0 atom stereocenters. The molecule has 1 aromatic carbocycles. The van der Waals surface area contributed by atoms with Gasteiger partial charge < -0.3 is 5.32 Å². The zero-order valence-electron chi connectivity index (χ0n) is 9.42. The maximum absolute atomic E-state index is 11.7. The van der Waals surface area contributed by atoms with Gasteiger partial charge in [-0.1, -0.05) is 23.2 Å². The van der Waals surface area contributed by atoms with Crippen LogP contribution in [0.4, 0.5) is 16.3 Å². The number of benzene rings is 1. The summed E-state index contributed by atoms with van der Waals surface area (Å²) in [5.41, 5.74) is 1.30. The number of hydrogen-bond acceptors (Lipinski definition) is 2. The first-order valence-corrected chi connectivity index (χ1v) is 5.85. The number of carbonyl (C=O) groups excluding carboxylic acids is 1. The van der Waals surface area contributed by atoms with Gasteiger partial charge in [-0.2, -0.15) is 5.10 Å². The molecular weight excluding hydrogens is 275 g/mol. The highest BCUT2D eigenvalue weighted by Gasteiger charge is 2.08. The summed E-state index contributed by atoms with van der Waals surface area (Å²) in [6.07, 6.45) is 1.53. The molecule has 18 heavy (non-hydrogen) atoms. The number of aryl methyl sites for hydroxylation is 1. The number of amides is 2. The Balaban J connectivity index is 2.09. The van der Waals surface area contributed by atoms with E-state index in [9.17, 15) is 4.79 Å². The molecule has 0 aliphatic rings. The molecule has 7 heteroatoms. The minimum Gasteiger partial charge on any atom is -0.306 e. The van der Waals surface area contributed by atoms with Crippen molar-refractivity contribution in [2.45, 2.75) is 6.92 Å². The summed E-state index contributed by atoms with van der Waals surface area (Å²) in [4.78, 5) is 11.7. The van der Waals surface area contributed by atoms with Crippen LogP contribution < -0.4 is 10.6 Å². The Morgan fingerprint density at radius 3 is 2.72 bits per heavy atom. The second-order valence-corrected chi connectivity index (χ2v) is 4.45. The van der Waals surface area contributed by atoms with E-state index in [2.05, 4.69) is 20.8 Å². The molecule has 2 aromatic rings. The summed E-state index contributed by atoms with van der Waals surface area (Å²) in [6.45, 7) is 1.84. The molecule has 0 radical (unpaired) electrons. The predicted molar refractivity (Wildman–Crippen MR) is 72.4 cm³/mol. The molecule has 0 fully saturated rings. The Bertz CT molecular complexity index is 569. The van der Waals surface area contributed by atoms with E-state index < -0.39 is 6.03 Å². The Labute approximate surface area is 113 Å². The van der Waals surface area contributed by atoms with Crippen molar-refractivity contribution in [1.82, 2.24) is 10.2 Å². The molecule has 0 spiro atoms. The van der Waals surface area contributed by atoms with Crippen molar-refractivity contribution >= 4 is 40.7 Å². The first-order chi connectivity index (χ1) is 8.56. The van der Waals surface area contributed by atoms with Crippen molar-refractivity contribution in [2.75, 3.05) is 10.6 Å². The number of H-pyrrole nitrogens is 1. The summed E-state index contributed by atoms with van der Waals surface area (Å²) in [7, 11) is 0. The van der Waals surface area contributed by atoms with Crippen molar-refractivity contribution in [3.8, 4) is 0 Å². The number of halogens is 2. The fourth-order valence-corrected chi connectivity index (χ4v) is 1.77. The van der Waals surface area contributed by atoms with Gasteiger partial charge in [-0.05, 0) is 24.6 Å². The summed E-state index contributed by atoms with van der Waals surface area (Å²) in [5.74, 6) is 0.488. The van der Waals surface area contributed by atoms with Crippen LogP contribution in [0.3, 0.4) is 0 Å². The van der Waals surface area contributed by atoms with Gasteiger partial charge in [-0.3, -0.25) is 10.4 Å². The fourth-order valence-electron chi connectivity index (χ4n) is 1.34. The number of urea groups is 1. The van der Waals surface area contributed by atoms with E-state index in [-0.39, 0.29) is 0 Å². The lowest BCUT2D eigenvalue weighted by molar-refractivity contribution is 0.262. The van der Waals surface area contributed by atoms with Gasteiger partial charge in [-0.25, -0.2) is 4.79 Å². The van der Waals surface area contributed by atoms with Crippen LogP contribution in [0.2, 0.25) is 10.0 Å². The molecule has 0 unspecified atom stereocenters. The van der Waals surface area contributed by atoms with Gasteiger partial charge in [0, 0.05) is 11.1 Å². The third kappa shape index (κ3) is 2.94. The number of rotatable bonds is 2. The van der Waals surface area contributed by atoms with Crippen molar-refractivity contribution in [1.29, 1.82) is 0 Å². The van der Waals surface area contributed by atoms with E-state index in [1.54, 1.807) is 18.2 Å². The Kier molecular flexibility index (Phi) is 3.74. The van der Waals surface area contributed by atoms with Gasteiger partial charge in [-0.15, -0.1) is 0 Å². The van der Waals surface area contributed by atoms with Gasteiger partial charge >= 0.3 is 6.03 Å². The monoisotopic (exact) mass is 284 g/mol. The maximum atomic E-state index is 11.7. The smallest absolute Gasteiger partial charge is 0.306 e. The summed E-state index contributed by atoms with van der Waals surface area (Å²) in [6, 6.07) is 4.49. The third-order valence-corrected chi connectivity index (χ3v) is 2.97. The minimum atomic E-state index is -0.430. The number of nitrogens with one attached hydrogen (secondary N) is 3. The second kappa shape index (κ2) is 5.29. The lowest BCUT2D eigenvalue weighted by Gasteiger charge is -2.09. The zero-order valence-corrected chi connectivity index (χ0v) is 10.9. The first kappa shape index (κ1) is 12.7. The molecule has 0 saturated heterocycles. The lowest BCUT2D eigenvalue weighted by Crippen LogP contribution is -2.19. The van der Waals surface area contributed by atoms with Gasteiger partial charge in [0.15, 0.2) is 0 Å². The Hall–Kier alpha value is -1.72. The van der Waals surface area contributed by atoms with Crippen molar-refractivity contribution < 1.29 is 4.79 Å². The average molecular weight is 285 g/mol. The molecule has 3 N–H and O–H groups in total. The van der Waals surface area contributed by atoms with E-state index in [0.717, 1.165) is 5.56 Å². The topological polar surface area (TPSA) is 69.8 Å². The van der Waals surface area contributed by atoms with Crippen LogP contribution in [0.15, 0.2) is 24.4 Å². The van der Waals surface area contributed by atoms with Gasteiger partial charge in [0.1, 0.15) is 5.82 Å². The molecule has 5 nitrogen and oxygen atoms in total. The van der Waals surface area contributed by atoms with Crippen LogP contribution in [-0.4, -0.2) is 16.2 Å². The van der Waals surface area contributed by atoms with Crippen LogP contribution in [0.25, 0.3) is 0 Å². The maximum Gasteiger partial charge on any atom is 0.324 e. The van der Waals surface area contributed by atoms with Crippen molar-refractivity contribution in [2.24, 2.45) is 0 Å². The van der Waals surface area contributed by atoms with Crippen LogP contribution in [0.1, 0.15) is 5.56 Å². The molecule has 0 bridgehead atoms. The molecule has 0 saturated carbocycles. The number of anilines is 2. The number of carbonyl (C=O) groups is 1. The number of nitrogens with zero attached hydrogens (tertiary/aromatic N) is 1. The highest BCUT2D eigenvalue weighted by molar-refractivity contribution is 6.36. The molecule has 0 aliphatic heterocycles. The second-order valence-electron chi connectivity index (χ2n) is 3.63. The Morgan fingerprint density at radius 1 is 1.28 bits per heavy atom. The molecule has 1 aromatic heterocycles. The van der Waals surface area contributed by atoms with E-state index in [1.807, 2.05) is 6.92 Å². The lowest BCUT2D eigenvalue weighted by atomic mass is 10.2.